The van der Waals surface area contributed by atoms with Crippen molar-refractivity contribution in [3.8, 4) is 0 Å². The second-order valence-corrected chi connectivity index (χ2v) is 6.42. The summed E-state index contributed by atoms with van der Waals surface area (Å²) in [6, 6.07) is 11.8. The second kappa shape index (κ2) is 5.58. The summed E-state index contributed by atoms with van der Waals surface area (Å²) in [5.41, 5.74) is 8.51. The van der Waals surface area contributed by atoms with Gasteiger partial charge in [0.2, 0.25) is 0 Å². The number of hydrogen-bond acceptors (Lipinski definition) is 2. The zero-order chi connectivity index (χ0) is 12.4. The molecule has 0 radical (unpaired) electrons. The van der Waals surface area contributed by atoms with E-state index in [4.69, 9.17) is 5.73 Å². The summed E-state index contributed by atoms with van der Waals surface area (Å²) in [5, 5.41) is 3.37. The fraction of sp³-hybridized carbons (Fsp3) is 0. The van der Waals surface area contributed by atoms with Gasteiger partial charge in [0, 0.05) is 18.2 Å². The van der Waals surface area contributed by atoms with Gasteiger partial charge in [-0.3, -0.25) is 0 Å². The predicted octanol–water partition coefficient (Wildman–Crippen LogP) is 5.14. The van der Waals surface area contributed by atoms with E-state index in [2.05, 4.69) is 65.8 Å². The summed E-state index contributed by atoms with van der Waals surface area (Å²) in [6.45, 7) is 0. The lowest BCUT2D eigenvalue weighted by molar-refractivity contribution is 1.49. The highest BCUT2D eigenvalue weighted by molar-refractivity contribution is 14.1. The van der Waals surface area contributed by atoms with Crippen LogP contribution in [-0.4, -0.2) is 0 Å². The molecule has 0 heterocycles. The van der Waals surface area contributed by atoms with E-state index in [0.29, 0.717) is 0 Å². The van der Waals surface area contributed by atoms with Crippen LogP contribution in [0.2, 0.25) is 0 Å². The molecule has 0 bridgehead atoms. The maximum atomic E-state index is 5.71. The minimum Gasteiger partial charge on any atom is -0.399 e. The largest absolute Gasteiger partial charge is 0.399 e. The average Bonchev–Trinajstić information content (AvgIpc) is 2.27. The fourth-order valence-corrected chi connectivity index (χ4v) is 2.70. The number of nitrogen functional groups attached to an aromatic ring is 1. The lowest BCUT2D eigenvalue weighted by Gasteiger charge is -2.11. The molecule has 2 nitrogen and oxygen atoms in total. The first-order valence-electron chi connectivity index (χ1n) is 4.83. The van der Waals surface area contributed by atoms with E-state index in [1.807, 2.05) is 30.3 Å². The highest BCUT2D eigenvalue weighted by Crippen LogP contribution is 2.31. The molecule has 17 heavy (non-hydrogen) atoms. The molecule has 88 valence electrons. The highest BCUT2D eigenvalue weighted by Gasteiger charge is 2.04. The first-order valence-corrected chi connectivity index (χ1v) is 7.50. The molecule has 0 aromatic heterocycles. The molecular weight excluding hydrogens is 459 g/mol. The van der Waals surface area contributed by atoms with Crippen LogP contribution in [0, 0.1) is 3.57 Å². The molecule has 3 N–H and O–H groups in total. The van der Waals surface area contributed by atoms with E-state index >= 15 is 0 Å². The smallest absolute Gasteiger partial charge is 0.0531 e. The molecule has 0 aliphatic rings. The van der Waals surface area contributed by atoms with Crippen LogP contribution < -0.4 is 11.1 Å². The van der Waals surface area contributed by atoms with Gasteiger partial charge in [0.1, 0.15) is 0 Å². The molecule has 0 atom stereocenters. The summed E-state index contributed by atoms with van der Waals surface area (Å²) in [5.74, 6) is 0. The normalized spacial score (nSPS) is 10.3. The van der Waals surface area contributed by atoms with Gasteiger partial charge in [-0.25, -0.2) is 0 Å². The highest BCUT2D eigenvalue weighted by atomic mass is 127. The molecule has 0 amide bonds. The Bertz CT molecular complexity index is 558. The molecule has 2 aromatic rings. The van der Waals surface area contributed by atoms with E-state index in [0.717, 1.165) is 29.6 Å². The Kier molecular flexibility index (Phi) is 4.32. The molecule has 0 saturated carbocycles. The van der Waals surface area contributed by atoms with Gasteiger partial charge in [-0.1, -0.05) is 15.9 Å². The molecule has 2 rings (SSSR count). The van der Waals surface area contributed by atoms with Crippen molar-refractivity contribution in [2.45, 2.75) is 0 Å². The van der Waals surface area contributed by atoms with Gasteiger partial charge in [-0.2, -0.15) is 0 Å². The molecule has 2 aromatic carbocycles. The van der Waals surface area contributed by atoms with Gasteiger partial charge in [0.05, 0.1) is 11.4 Å². The number of rotatable bonds is 2. The zero-order valence-corrected chi connectivity index (χ0v) is 14.0. The Labute approximate surface area is 130 Å². The number of benzene rings is 2. The van der Waals surface area contributed by atoms with Crippen molar-refractivity contribution in [3.05, 3.63) is 48.9 Å². The Hall–Kier alpha value is -0.270. The molecule has 0 aliphatic heterocycles. The van der Waals surface area contributed by atoms with Crippen LogP contribution in [-0.2, 0) is 0 Å². The van der Waals surface area contributed by atoms with Gasteiger partial charge in [0.15, 0.2) is 0 Å². The minimum absolute atomic E-state index is 0.742. The predicted molar refractivity (Wildman–Crippen MR) is 88.7 cm³/mol. The summed E-state index contributed by atoms with van der Waals surface area (Å²) in [7, 11) is 0. The van der Waals surface area contributed by atoms with Crippen molar-refractivity contribution in [2.24, 2.45) is 0 Å². The fourth-order valence-electron chi connectivity index (χ4n) is 1.37. The second-order valence-electron chi connectivity index (χ2n) is 3.49. The van der Waals surface area contributed by atoms with Crippen molar-refractivity contribution in [1.82, 2.24) is 0 Å². The molecule has 0 fully saturated rings. The molecule has 0 spiro atoms. The van der Waals surface area contributed by atoms with Gasteiger partial charge >= 0.3 is 0 Å². The van der Waals surface area contributed by atoms with Crippen molar-refractivity contribution in [1.29, 1.82) is 0 Å². The van der Waals surface area contributed by atoms with Crippen molar-refractivity contribution < 1.29 is 0 Å². The van der Waals surface area contributed by atoms with E-state index in [9.17, 15) is 0 Å². The standard InChI is InChI=1S/C12H9Br2IN2/c13-7-1-3-10(15)12(5-7)17-11-4-2-8(16)6-9(11)14/h1-6,17H,16H2. The Morgan fingerprint density at radius 1 is 1.00 bits per heavy atom. The number of nitrogens with two attached hydrogens (primary N) is 1. The average molecular weight is 468 g/mol. The third-order valence-electron chi connectivity index (χ3n) is 2.19. The summed E-state index contributed by atoms with van der Waals surface area (Å²) in [6.07, 6.45) is 0. The van der Waals surface area contributed by atoms with E-state index in [1.165, 1.54) is 0 Å². The Morgan fingerprint density at radius 2 is 1.76 bits per heavy atom. The van der Waals surface area contributed by atoms with Gasteiger partial charge in [0.25, 0.3) is 0 Å². The molecule has 0 saturated heterocycles. The minimum atomic E-state index is 0.742. The SMILES string of the molecule is Nc1ccc(Nc2cc(Br)ccc2I)c(Br)c1. The van der Waals surface area contributed by atoms with E-state index in [1.54, 1.807) is 0 Å². The zero-order valence-electron chi connectivity index (χ0n) is 8.68. The van der Waals surface area contributed by atoms with Crippen LogP contribution in [0.25, 0.3) is 0 Å². The number of hydrogen-bond donors (Lipinski definition) is 2. The monoisotopic (exact) mass is 466 g/mol. The number of halogens is 3. The van der Waals surface area contributed by atoms with Crippen LogP contribution in [0.3, 0.4) is 0 Å². The third kappa shape index (κ3) is 3.35. The molecule has 5 heteroatoms. The number of nitrogens with one attached hydrogen (secondary N) is 1. The molecule has 0 unspecified atom stereocenters. The van der Waals surface area contributed by atoms with Crippen LogP contribution in [0.15, 0.2) is 45.3 Å². The van der Waals surface area contributed by atoms with Crippen LogP contribution in [0.1, 0.15) is 0 Å². The Morgan fingerprint density at radius 3 is 2.47 bits per heavy atom. The maximum absolute atomic E-state index is 5.71. The first-order chi connectivity index (χ1) is 8.06. The summed E-state index contributed by atoms with van der Waals surface area (Å²) >= 11 is 9.25. The van der Waals surface area contributed by atoms with E-state index < -0.39 is 0 Å². The topological polar surface area (TPSA) is 38.0 Å². The van der Waals surface area contributed by atoms with Gasteiger partial charge in [-0.05, 0) is 74.9 Å². The summed E-state index contributed by atoms with van der Waals surface area (Å²) < 4.78 is 3.16. The van der Waals surface area contributed by atoms with Crippen molar-refractivity contribution >= 4 is 71.5 Å². The van der Waals surface area contributed by atoms with Gasteiger partial charge in [-0.15, -0.1) is 0 Å². The lowest BCUT2D eigenvalue weighted by Crippen LogP contribution is -1.95. The number of anilines is 3. The summed E-state index contributed by atoms with van der Waals surface area (Å²) in [4.78, 5) is 0. The Balaban J connectivity index is 2.34. The molecular formula is C12H9Br2IN2. The van der Waals surface area contributed by atoms with Crippen LogP contribution in [0.4, 0.5) is 17.1 Å². The maximum Gasteiger partial charge on any atom is 0.0531 e. The third-order valence-corrected chi connectivity index (χ3v) is 4.28. The van der Waals surface area contributed by atoms with Gasteiger partial charge < -0.3 is 11.1 Å². The van der Waals surface area contributed by atoms with Crippen molar-refractivity contribution in [2.75, 3.05) is 11.1 Å². The quantitative estimate of drug-likeness (QED) is 0.474. The van der Waals surface area contributed by atoms with Crippen LogP contribution >= 0.6 is 54.5 Å². The van der Waals surface area contributed by atoms with E-state index in [-0.39, 0.29) is 0 Å². The molecule has 0 aliphatic carbocycles. The van der Waals surface area contributed by atoms with Crippen molar-refractivity contribution in [3.63, 3.8) is 0 Å². The van der Waals surface area contributed by atoms with Crippen LogP contribution in [0.5, 0.6) is 0 Å². The lowest BCUT2D eigenvalue weighted by atomic mass is 10.2. The first kappa shape index (κ1) is 13.2.